The average Bonchev–Trinajstić information content (AvgIpc) is 3.61. The van der Waals surface area contributed by atoms with Crippen LogP contribution in [-0.4, -0.2) is 36.5 Å². The summed E-state index contributed by atoms with van der Waals surface area (Å²) in [5.74, 6) is 2.46. The number of anilines is 1. The predicted octanol–water partition coefficient (Wildman–Crippen LogP) is 2.81. The molecule has 1 amide bonds. The van der Waals surface area contributed by atoms with Gasteiger partial charge in [0.05, 0.1) is 11.7 Å². The van der Waals surface area contributed by atoms with Gasteiger partial charge in [-0.2, -0.15) is 5.10 Å². The Hall–Kier alpha value is -2.64. The van der Waals surface area contributed by atoms with Crippen molar-refractivity contribution in [3.8, 4) is 0 Å². The SMILES string of the molecule is O=C(NC1CCn2nc(C3CC3)cc2NC1=C1CC1)c1ncn(CC2CCC2)n1. The highest BCUT2D eigenvalue weighted by atomic mass is 16.2. The van der Waals surface area contributed by atoms with Crippen LogP contribution in [0.15, 0.2) is 23.7 Å². The Morgan fingerprint density at radius 2 is 2.03 bits per heavy atom. The number of nitrogens with zero attached hydrogens (tertiary/aromatic N) is 5. The Morgan fingerprint density at radius 3 is 2.76 bits per heavy atom. The fraction of sp³-hybridized carbons (Fsp3) is 0.619. The first-order valence-electron chi connectivity index (χ1n) is 11.0. The van der Waals surface area contributed by atoms with Crippen LogP contribution >= 0.6 is 0 Å². The number of amides is 1. The normalized spacial score (nSPS) is 23.8. The van der Waals surface area contributed by atoms with E-state index in [0.29, 0.717) is 11.8 Å². The molecule has 152 valence electrons. The molecule has 1 aliphatic heterocycles. The van der Waals surface area contributed by atoms with Crippen molar-refractivity contribution in [1.29, 1.82) is 0 Å². The van der Waals surface area contributed by atoms with Crippen LogP contribution in [0.3, 0.4) is 0 Å². The van der Waals surface area contributed by atoms with Crippen LogP contribution in [0.5, 0.6) is 0 Å². The van der Waals surface area contributed by atoms with Crippen LogP contribution < -0.4 is 10.6 Å². The molecule has 29 heavy (non-hydrogen) atoms. The summed E-state index contributed by atoms with van der Waals surface area (Å²) in [5.41, 5.74) is 3.76. The van der Waals surface area contributed by atoms with Crippen LogP contribution in [0.2, 0.25) is 0 Å². The topological polar surface area (TPSA) is 89.7 Å². The van der Waals surface area contributed by atoms with Gasteiger partial charge in [-0.15, -0.1) is 5.10 Å². The van der Waals surface area contributed by atoms with E-state index < -0.39 is 0 Å². The van der Waals surface area contributed by atoms with Crippen molar-refractivity contribution in [1.82, 2.24) is 29.9 Å². The fourth-order valence-electron chi connectivity index (χ4n) is 4.37. The molecule has 0 radical (unpaired) electrons. The molecule has 4 aliphatic rings. The smallest absolute Gasteiger partial charge is 0.291 e. The summed E-state index contributed by atoms with van der Waals surface area (Å²) >= 11 is 0. The van der Waals surface area contributed by atoms with Crippen LogP contribution in [0.4, 0.5) is 5.82 Å². The molecule has 2 aromatic rings. The number of hydrogen-bond acceptors (Lipinski definition) is 5. The fourth-order valence-corrected chi connectivity index (χ4v) is 4.37. The molecular formula is C21H27N7O. The number of aromatic nitrogens is 5. The number of rotatable bonds is 5. The molecular weight excluding hydrogens is 366 g/mol. The molecule has 2 N–H and O–H groups in total. The highest BCUT2D eigenvalue weighted by molar-refractivity contribution is 5.90. The first-order valence-corrected chi connectivity index (χ1v) is 11.0. The van der Waals surface area contributed by atoms with Crippen molar-refractivity contribution in [2.24, 2.45) is 5.92 Å². The minimum atomic E-state index is -0.193. The van der Waals surface area contributed by atoms with Crippen LogP contribution in [0.25, 0.3) is 0 Å². The van der Waals surface area contributed by atoms with Gasteiger partial charge in [-0.05, 0) is 56.4 Å². The van der Waals surface area contributed by atoms with E-state index in [-0.39, 0.29) is 17.8 Å². The van der Waals surface area contributed by atoms with Crippen molar-refractivity contribution in [2.75, 3.05) is 5.32 Å². The number of hydrogen-bond donors (Lipinski definition) is 2. The van der Waals surface area contributed by atoms with Crippen molar-refractivity contribution in [2.45, 2.75) is 76.4 Å². The monoisotopic (exact) mass is 393 g/mol. The molecule has 3 heterocycles. The quantitative estimate of drug-likeness (QED) is 0.815. The van der Waals surface area contributed by atoms with Gasteiger partial charge < -0.3 is 10.6 Å². The van der Waals surface area contributed by atoms with Crippen LogP contribution in [0.1, 0.15) is 73.6 Å². The Labute approximate surface area is 169 Å². The van der Waals surface area contributed by atoms with E-state index in [1.54, 1.807) is 6.33 Å². The van der Waals surface area contributed by atoms with Gasteiger partial charge in [0.15, 0.2) is 0 Å². The van der Waals surface area contributed by atoms with Gasteiger partial charge in [0.1, 0.15) is 12.1 Å². The third-order valence-electron chi connectivity index (χ3n) is 6.63. The van der Waals surface area contributed by atoms with Crippen LogP contribution in [-0.2, 0) is 13.1 Å². The largest absolute Gasteiger partial charge is 0.342 e. The Bertz CT molecular complexity index is 973. The van der Waals surface area contributed by atoms with Crippen molar-refractivity contribution in [3.63, 3.8) is 0 Å². The third-order valence-corrected chi connectivity index (χ3v) is 6.63. The molecule has 0 aromatic carbocycles. The molecule has 1 unspecified atom stereocenters. The number of fused-ring (bicyclic) bond motifs is 1. The minimum absolute atomic E-state index is 0.0512. The van der Waals surface area contributed by atoms with Crippen LogP contribution in [0, 0.1) is 5.92 Å². The van der Waals surface area contributed by atoms with Gasteiger partial charge in [-0.3, -0.25) is 9.48 Å². The number of allylic oxidation sites excluding steroid dienone is 1. The summed E-state index contributed by atoms with van der Waals surface area (Å²) in [7, 11) is 0. The lowest BCUT2D eigenvalue weighted by atomic mass is 9.86. The molecule has 3 aliphatic carbocycles. The summed E-state index contributed by atoms with van der Waals surface area (Å²) in [6.07, 6.45) is 11.0. The van der Waals surface area contributed by atoms with E-state index >= 15 is 0 Å². The molecule has 3 fully saturated rings. The highest BCUT2D eigenvalue weighted by Crippen LogP contribution is 2.41. The summed E-state index contributed by atoms with van der Waals surface area (Å²) in [4.78, 5) is 17.1. The summed E-state index contributed by atoms with van der Waals surface area (Å²) < 4.78 is 3.88. The van der Waals surface area contributed by atoms with E-state index in [2.05, 4.69) is 31.5 Å². The lowest BCUT2D eigenvalue weighted by Gasteiger charge is -2.24. The maximum Gasteiger partial charge on any atom is 0.291 e. The van der Waals surface area contributed by atoms with Gasteiger partial charge in [-0.25, -0.2) is 9.67 Å². The van der Waals surface area contributed by atoms with Gasteiger partial charge in [0.25, 0.3) is 5.91 Å². The number of aryl methyl sites for hydroxylation is 1. The van der Waals surface area contributed by atoms with E-state index in [4.69, 9.17) is 5.10 Å². The van der Waals surface area contributed by atoms with Gasteiger partial charge in [-0.1, -0.05) is 6.42 Å². The summed E-state index contributed by atoms with van der Waals surface area (Å²) in [5, 5.41) is 16.0. The average molecular weight is 393 g/mol. The molecule has 8 nitrogen and oxygen atoms in total. The number of carbonyl (C=O) groups is 1. The first kappa shape index (κ1) is 17.2. The standard InChI is InChI=1S/C21H27N7O/c29-21(20-22-12-27(26-20)11-13-2-1-3-13)23-16-8-9-28-18(24-19(16)15-6-7-15)10-17(25-28)14-4-5-14/h10,12-14,16,24H,1-9,11H2,(H,23,29). The molecule has 2 aromatic heterocycles. The zero-order chi connectivity index (χ0) is 19.4. The van der Waals surface area contributed by atoms with Crippen molar-refractivity contribution in [3.05, 3.63) is 35.2 Å². The van der Waals surface area contributed by atoms with Gasteiger partial charge in [0, 0.05) is 30.8 Å². The molecule has 1 atom stereocenters. The third kappa shape index (κ3) is 3.45. The summed E-state index contributed by atoms with van der Waals surface area (Å²) in [6.45, 7) is 1.66. The molecule has 0 saturated heterocycles. The van der Waals surface area contributed by atoms with E-state index in [0.717, 1.165) is 43.9 Å². The van der Waals surface area contributed by atoms with Gasteiger partial charge >= 0.3 is 0 Å². The highest BCUT2D eigenvalue weighted by Gasteiger charge is 2.32. The molecule has 3 saturated carbocycles. The molecule has 0 spiro atoms. The Balaban J connectivity index is 1.17. The van der Waals surface area contributed by atoms with E-state index in [1.807, 2.05) is 4.68 Å². The van der Waals surface area contributed by atoms with Crippen molar-refractivity contribution < 1.29 is 4.79 Å². The minimum Gasteiger partial charge on any atom is -0.342 e. The van der Waals surface area contributed by atoms with Crippen molar-refractivity contribution >= 4 is 11.7 Å². The second-order valence-electron chi connectivity index (χ2n) is 9.00. The molecule has 0 bridgehead atoms. The number of carbonyl (C=O) groups excluding carboxylic acids is 1. The lowest BCUT2D eigenvalue weighted by Crippen LogP contribution is -2.38. The summed E-state index contributed by atoms with van der Waals surface area (Å²) in [6, 6.07) is 2.14. The van der Waals surface area contributed by atoms with Gasteiger partial charge in [0.2, 0.25) is 5.82 Å². The zero-order valence-electron chi connectivity index (χ0n) is 16.6. The maximum atomic E-state index is 12.8. The molecule has 6 rings (SSSR count). The predicted molar refractivity (Wildman–Crippen MR) is 107 cm³/mol. The second kappa shape index (κ2) is 6.71. The zero-order valence-corrected chi connectivity index (χ0v) is 16.6. The maximum absolute atomic E-state index is 12.8. The Kier molecular flexibility index (Phi) is 3.99. The first-order chi connectivity index (χ1) is 14.2. The number of nitrogens with one attached hydrogen (secondary N) is 2. The van der Waals surface area contributed by atoms with E-state index in [9.17, 15) is 4.79 Å². The second-order valence-corrected chi connectivity index (χ2v) is 9.00. The molecule has 8 heteroatoms. The van der Waals surface area contributed by atoms with E-state index in [1.165, 1.54) is 43.4 Å². The Morgan fingerprint density at radius 1 is 1.17 bits per heavy atom. The lowest BCUT2D eigenvalue weighted by molar-refractivity contribution is 0.0929.